The Balaban J connectivity index is 2.00. The highest BCUT2D eigenvalue weighted by atomic mass is 127. The third kappa shape index (κ3) is 2.06. The Morgan fingerprint density at radius 3 is 2.82 bits per heavy atom. The number of alkyl halides is 1. The standard InChI is InChI=1S/C11H11IN4O/c12-9-6-7-17-11(9)16-10(13-14-15-16)8-4-2-1-3-5-8/h1-5,9,11H,6-7H2/t9-,11-/m1/s1. The van der Waals surface area contributed by atoms with Crippen LogP contribution in [0.3, 0.4) is 0 Å². The van der Waals surface area contributed by atoms with Gasteiger partial charge in [-0.3, -0.25) is 0 Å². The molecule has 0 saturated carbocycles. The summed E-state index contributed by atoms with van der Waals surface area (Å²) in [5.41, 5.74) is 1.01. The van der Waals surface area contributed by atoms with E-state index in [0.29, 0.717) is 3.92 Å². The van der Waals surface area contributed by atoms with Crippen molar-refractivity contribution >= 4 is 22.6 Å². The van der Waals surface area contributed by atoms with Crippen LogP contribution in [0, 0.1) is 0 Å². The minimum Gasteiger partial charge on any atom is -0.355 e. The molecule has 0 N–H and O–H groups in total. The third-order valence-corrected chi connectivity index (χ3v) is 4.00. The van der Waals surface area contributed by atoms with Crippen molar-refractivity contribution in [2.24, 2.45) is 0 Å². The number of rotatable bonds is 2. The van der Waals surface area contributed by atoms with Crippen molar-refractivity contribution in [2.45, 2.75) is 16.6 Å². The van der Waals surface area contributed by atoms with Crippen molar-refractivity contribution < 1.29 is 4.74 Å². The predicted molar refractivity (Wildman–Crippen MR) is 70.7 cm³/mol. The second-order valence-corrected chi connectivity index (χ2v) is 5.48. The average Bonchev–Trinajstić information content (AvgIpc) is 2.98. The number of hydrogen-bond donors (Lipinski definition) is 0. The molecule has 0 aliphatic carbocycles. The van der Waals surface area contributed by atoms with E-state index >= 15 is 0 Å². The average molecular weight is 342 g/mol. The van der Waals surface area contributed by atoms with Crippen molar-refractivity contribution in [2.75, 3.05) is 6.61 Å². The molecule has 1 fully saturated rings. The second kappa shape index (κ2) is 4.69. The first-order chi connectivity index (χ1) is 8.36. The fourth-order valence-corrected chi connectivity index (χ4v) is 2.68. The monoisotopic (exact) mass is 342 g/mol. The zero-order chi connectivity index (χ0) is 11.7. The number of ether oxygens (including phenoxy) is 1. The summed E-state index contributed by atoms with van der Waals surface area (Å²) in [6, 6.07) is 9.93. The second-order valence-electron chi connectivity index (χ2n) is 3.88. The lowest BCUT2D eigenvalue weighted by atomic mass is 10.2. The summed E-state index contributed by atoms with van der Waals surface area (Å²) >= 11 is 2.39. The van der Waals surface area contributed by atoms with Gasteiger partial charge in [0.05, 0.1) is 10.5 Å². The van der Waals surface area contributed by atoms with Crippen LogP contribution >= 0.6 is 22.6 Å². The maximum absolute atomic E-state index is 5.68. The number of hydrogen-bond acceptors (Lipinski definition) is 4. The van der Waals surface area contributed by atoms with Crippen LogP contribution in [0.5, 0.6) is 0 Å². The van der Waals surface area contributed by atoms with Crippen LogP contribution in [-0.2, 0) is 4.74 Å². The molecule has 0 radical (unpaired) electrons. The van der Waals surface area contributed by atoms with Crippen LogP contribution in [0.15, 0.2) is 30.3 Å². The molecule has 2 atom stereocenters. The van der Waals surface area contributed by atoms with E-state index in [1.54, 1.807) is 4.68 Å². The first-order valence-corrected chi connectivity index (χ1v) is 6.70. The van der Waals surface area contributed by atoms with E-state index < -0.39 is 0 Å². The maximum Gasteiger partial charge on any atom is 0.184 e. The molecule has 0 spiro atoms. The largest absolute Gasteiger partial charge is 0.355 e. The van der Waals surface area contributed by atoms with E-state index in [1.807, 2.05) is 30.3 Å². The van der Waals surface area contributed by atoms with E-state index in [0.717, 1.165) is 24.4 Å². The molecule has 88 valence electrons. The molecule has 1 aliphatic heterocycles. The topological polar surface area (TPSA) is 52.8 Å². The van der Waals surface area contributed by atoms with Gasteiger partial charge in [0, 0.05) is 5.56 Å². The molecule has 1 aromatic carbocycles. The van der Waals surface area contributed by atoms with Gasteiger partial charge in [0.1, 0.15) is 0 Å². The molecule has 3 rings (SSSR count). The Hall–Kier alpha value is -1.02. The summed E-state index contributed by atoms with van der Waals surface area (Å²) in [5.74, 6) is 0.763. The molecule has 5 nitrogen and oxygen atoms in total. The van der Waals surface area contributed by atoms with E-state index in [-0.39, 0.29) is 6.23 Å². The molecule has 0 unspecified atom stereocenters. The van der Waals surface area contributed by atoms with Crippen LogP contribution in [-0.4, -0.2) is 30.7 Å². The van der Waals surface area contributed by atoms with E-state index in [9.17, 15) is 0 Å². The minimum absolute atomic E-state index is 0.0548. The molecular formula is C11H11IN4O. The summed E-state index contributed by atoms with van der Waals surface area (Å²) in [5, 5.41) is 11.9. The van der Waals surface area contributed by atoms with Gasteiger partial charge < -0.3 is 4.74 Å². The van der Waals surface area contributed by atoms with Gasteiger partial charge in [-0.2, -0.15) is 4.68 Å². The molecule has 2 aromatic rings. The van der Waals surface area contributed by atoms with Crippen LogP contribution in [0.1, 0.15) is 12.6 Å². The van der Waals surface area contributed by atoms with E-state index in [4.69, 9.17) is 4.74 Å². The zero-order valence-corrected chi connectivity index (χ0v) is 11.2. The molecule has 0 bridgehead atoms. The molecule has 17 heavy (non-hydrogen) atoms. The van der Waals surface area contributed by atoms with Crippen LogP contribution < -0.4 is 0 Å². The Bertz CT molecular complexity index is 501. The molecule has 0 amide bonds. The highest BCUT2D eigenvalue weighted by Gasteiger charge is 2.30. The molecule has 1 aromatic heterocycles. The summed E-state index contributed by atoms with van der Waals surface area (Å²) in [6.07, 6.45) is 0.986. The summed E-state index contributed by atoms with van der Waals surface area (Å²) in [7, 11) is 0. The van der Waals surface area contributed by atoms with Gasteiger partial charge in [0.15, 0.2) is 12.1 Å². The normalized spacial score (nSPS) is 24.1. The van der Waals surface area contributed by atoms with Crippen molar-refractivity contribution in [3.05, 3.63) is 30.3 Å². The quantitative estimate of drug-likeness (QED) is 0.619. The van der Waals surface area contributed by atoms with Crippen LogP contribution in [0.4, 0.5) is 0 Å². The van der Waals surface area contributed by atoms with Crippen LogP contribution in [0.2, 0.25) is 0 Å². The third-order valence-electron chi connectivity index (χ3n) is 2.76. The fourth-order valence-electron chi connectivity index (χ4n) is 1.91. The Morgan fingerprint density at radius 2 is 2.12 bits per heavy atom. The molecule has 1 aliphatic rings. The van der Waals surface area contributed by atoms with Crippen molar-refractivity contribution in [1.82, 2.24) is 20.2 Å². The van der Waals surface area contributed by atoms with Crippen molar-refractivity contribution in [1.29, 1.82) is 0 Å². The lowest BCUT2D eigenvalue weighted by Crippen LogP contribution is -2.17. The van der Waals surface area contributed by atoms with Gasteiger partial charge >= 0.3 is 0 Å². The number of aromatic nitrogens is 4. The number of tetrazole rings is 1. The van der Waals surface area contributed by atoms with E-state index in [1.165, 1.54) is 0 Å². The number of nitrogens with zero attached hydrogens (tertiary/aromatic N) is 4. The highest BCUT2D eigenvalue weighted by molar-refractivity contribution is 14.1. The van der Waals surface area contributed by atoms with Gasteiger partial charge in [0.25, 0.3) is 0 Å². The lowest BCUT2D eigenvalue weighted by Gasteiger charge is -2.14. The summed E-state index contributed by atoms with van der Waals surface area (Å²) in [4.78, 5) is 0. The van der Waals surface area contributed by atoms with Crippen molar-refractivity contribution in [3.63, 3.8) is 0 Å². The Labute approximate surface area is 112 Å². The highest BCUT2D eigenvalue weighted by Crippen LogP contribution is 2.32. The Kier molecular flexibility index (Phi) is 3.06. The minimum atomic E-state index is -0.0548. The molecule has 6 heteroatoms. The van der Waals surface area contributed by atoms with E-state index in [2.05, 4.69) is 38.1 Å². The summed E-state index contributed by atoms with van der Waals surface area (Å²) < 4.78 is 7.88. The van der Waals surface area contributed by atoms with Crippen LogP contribution in [0.25, 0.3) is 11.4 Å². The first kappa shape index (κ1) is 11.1. The fraction of sp³-hybridized carbons (Fsp3) is 0.364. The molecule has 1 saturated heterocycles. The number of halogens is 1. The van der Waals surface area contributed by atoms with Gasteiger partial charge in [-0.15, -0.1) is 5.10 Å². The van der Waals surface area contributed by atoms with Gasteiger partial charge in [-0.05, 0) is 16.8 Å². The SMILES string of the molecule is I[C@@H]1CCO[C@H]1n1nnnc1-c1ccccc1. The van der Waals surface area contributed by atoms with Crippen molar-refractivity contribution in [3.8, 4) is 11.4 Å². The Morgan fingerprint density at radius 1 is 1.29 bits per heavy atom. The van der Waals surface area contributed by atoms with Gasteiger partial charge in [-0.1, -0.05) is 52.9 Å². The zero-order valence-electron chi connectivity index (χ0n) is 9.03. The maximum atomic E-state index is 5.68. The smallest absolute Gasteiger partial charge is 0.184 e. The predicted octanol–water partition coefficient (Wildman–Crippen LogP) is 2.06. The summed E-state index contributed by atoms with van der Waals surface area (Å²) in [6.45, 7) is 0.770. The molecular weight excluding hydrogens is 331 g/mol. The van der Waals surface area contributed by atoms with Gasteiger partial charge in [0.2, 0.25) is 0 Å². The first-order valence-electron chi connectivity index (χ1n) is 5.45. The lowest BCUT2D eigenvalue weighted by molar-refractivity contribution is 0.0510. The molecule has 2 heterocycles. The van der Waals surface area contributed by atoms with Gasteiger partial charge in [-0.25, -0.2) is 0 Å². The number of benzene rings is 1.